The molecule has 0 unspecified atom stereocenters. The number of rotatable bonds is 7. The number of sulfonamides is 1. The zero-order valence-electron chi connectivity index (χ0n) is 20.5. The highest BCUT2D eigenvalue weighted by atomic mass is 35.5. The molecule has 3 nitrogen and oxygen atoms in total. The largest absolute Gasteiger partial charge is 0.243 e. The van der Waals surface area contributed by atoms with Crippen molar-refractivity contribution in [1.29, 1.82) is 0 Å². The van der Waals surface area contributed by atoms with Crippen LogP contribution in [-0.4, -0.2) is 27.3 Å². The van der Waals surface area contributed by atoms with Gasteiger partial charge in [0.1, 0.15) is 0 Å². The zero-order chi connectivity index (χ0) is 23.8. The standard InChI is InChI=1S/C26H38ClNO2SSi/c1-18(2)32(19(3)4,20(5)6)25-16-26(22-10-12-23(27)13-11-22)28(17-25)31(29,30)24-14-8-21(7)9-15-24/h8-15,18-20,25-26H,16-17H2,1-7H3/t25-,26-/m0/s1. The highest BCUT2D eigenvalue weighted by Crippen LogP contribution is 2.56. The van der Waals surface area contributed by atoms with Gasteiger partial charge < -0.3 is 0 Å². The lowest BCUT2D eigenvalue weighted by molar-refractivity contribution is 0.396. The number of nitrogens with zero attached hydrogens (tertiary/aromatic N) is 1. The van der Waals surface area contributed by atoms with Gasteiger partial charge in [-0.05, 0) is 48.7 Å². The van der Waals surface area contributed by atoms with Crippen LogP contribution in [0.25, 0.3) is 0 Å². The number of hydrogen-bond acceptors (Lipinski definition) is 2. The molecule has 2 aromatic carbocycles. The van der Waals surface area contributed by atoms with Crippen molar-refractivity contribution >= 4 is 29.7 Å². The summed E-state index contributed by atoms with van der Waals surface area (Å²) in [5.41, 5.74) is 4.25. The van der Waals surface area contributed by atoms with Crippen LogP contribution in [0.2, 0.25) is 27.2 Å². The molecule has 0 saturated carbocycles. The lowest BCUT2D eigenvalue weighted by Crippen LogP contribution is -2.49. The highest BCUT2D eigenvalue weighted by molar-refractivity contribution is 7.89. The molecule has 3 rings (SSSR count). The van der Waals surface area contributed by atoms with Crippen LogP contribution in [0.4, 0.5) is 0 Å². The van der Waals surface area contributed by atoms with E-state index in [-0.39, 0.29) is 6.04 Å². The highest BCUT2D eigenvalue weighted by Gasteiger charge is 2.54. The lowest BCUT2D eigenvalue weighted by atomic mass is 10.1. The van der Waals surface area contributed by atoms with Gasteiger partial charge >= 0.3 is 0 Å². The van der Waals surface area contributed by atoms with Gasteiger partial charge in [-0.1, -0.05) is 99.6 Å². The molecule has 0 aromatic heterocycles. The normalized spacial score (nSPS) is 20.6. The maximum atomic E-state index is 13.9. The first kappa shape index (κ1) is 25.5. The van der Waals surface area contributed by atoms with Gasteiger partial charge in [0.25, 0.3) is 0 Å². The Kier molecular flexibility index (Phi) is 7.65. The molecule has 1 aliphatic rings. The van der Waals surface area contributed by atoms with Gasteiger partial charge in [-0.3, -0.25) is 0 Å². The maximum Gasteiger partial charge on any atom is 0.243 e. The van der Waals surface area contributed by atoms with E-state index in [0.717, 1.165) is 17.5 Å². The molecule has 1 fully saturated rings. The van der Waals surface area contributed by atoms with Crippen LogP contribution in [0, 0.1) is 6.92 Å². The first-order valence-corrected chi connectivity index (χ1v) is 15.9. The van der Waals surface area contributed by atoms with Crippen molar-refractivity contribution in [3.05, 3.63) is 64.7 Å². The van der Waals surface area contributed by atoms with Crippen LogP contribution in [0.3, 0.4) is 0 Å². The van der Waals surface area contributed by atoms with E-state index in [4.69, 9.17) is 11.6 Å². The van der Waals surface area contributed by atoms with Crippen LogP contribution in [0.5, 0.6) is 0 Å². The fourth-order valence-electron chi connectivity index (χ4n) is 6.68. The summed E-state index contributed by atoms with van der Waals surface area (Å²) in [4.78, 5) is 0.383. The van der Waals surface area contributed by atoms with Crippen molar-refractivity contribution in [2.45, 2.75) is 88.0 Å². The van der Waals surface area contributed by atoms with Gasteiger partial charge in [-0.25, -0.2) is 8.42 Å². The van der Waals surface area contributed by atoms with E-state index in [1.165, 1.54) is 0 Å². The van der Waals surface area contributed by atoms with Crippen LogP contribution >= 0.6 is 11.6 Å². The lowest BCUT2D eigenvalue weighted by Gasteiger charge is -2.48. The minimum Gasteiger partial charge on any atom is -0.207 e. The quantitative estimate of drug-likeness (QED) is 0.370. The van der Waals surface area contributed by atoms with Crippen LogP contribution in [-0.2, 0) is 10.0 Å². The summed E-state index contributed by atoms with van der Waals surface area (Å²) in [6.07, 6.45) is 0.882. The molecule has 0 bridgehead atoms. The average Bonchev–Trinajstić information content (AvgIpc) is 3.14. The smallest absolute Gasteiger partial charge is 0.207 e. The molecule has 2 aromatic rings. The topological polar surface area (TPSA) is 37.4 Å². The van der Waals surface area contributed by atoms with Crippen LogP contribution in [0.15, 0.2) is 53.4 Å². The minimum absolute atomic E-state index is 0.160. The molecule has 1 aliphatic heterocycles. The van der Waals surface area contributed by atoms with Crippen LogP contribution < -0.4 is 0 Å². The molecule has 176 valence electrons. The number of benzene rings is 2. The van der Waals surface area contributed by atoms with Crippen molar-refractivity contribution in [3.8, 4) is 0 Å². The van der Waals surface area contributed by atoms with E-state index in [1.54, 1.807) is 16.4 Å². The van der Waals surface area contributed by atoms with E-state index < -0.39 is 18.1 Å². The van der Waals surface area contributed by atoms with E-state index in [9.17, 15) is 8.42 Å². The van der Waals surface area contributed by atoms with Crippen molar-refractivity contribution in [1.82, 2.24) is 4.31 Å². The van der Waals surface area contributed by atoms with E-state index in [1.807, 2.05) is 43.3 Å². The first-order valence-electron chi connectivity index (χ1n) is 11.8. The van der Waals surface area contributed by atoms with E-state index in [0.29, 0.717) is 38.6 Å². The molecule has 0 aliphatic carbocycles. The summed E-state index contributed by atoms with van der Waals surface area (Å²) < 4.78 is 29.6. The van der Waals surface area contributed by atoms with Gasteiger partial charge in [-0.15, -0.1) is 0 Å². The Morgan fingerprint density at radius 1 is 0.875 bits per heavy atom. The predicted molar refractivity (Wildman–Crippen MR) is 139 cm³/mol. The molecule has 1 heterocycles. The SMILES string of the molecule is Cc1ccc(S(=O)(=O)N2C[C@@H]([Si](C(C)C)(C(C)C)C(C)C)C[C@H]2c2ccc(Cl)cc2)cc1. The molecule has 0 spiro atoms. The Bertz CT molecular complexity index is 995. The van der Waals surface area contributed by atoms with Crippen molar-refractivity contribution in [2.24, 2.45) is 0 Å². The second kappa shape index (κ2) is 9.61. The molecule has 0 radical (unpaired) electrons. The molecule has 1 saturated heterocycles. The molecular weight excluding hydrogens is 454 g/mol. The Morgan fingerprint density at radius 3 is 1.84 bits per heavy atom. The fourth-order valence-corrected chi connectivity index (χ4v) is 16.6. The Labute approximate surface area is 201 Å². The second-order valence-electron chi connectivity index (χ2n) is 10.4. The van der Waals surface area contributed by atoms with Crippen molar-refractivity contribution in [2.75, 3.05) is 6.54 Å². The third-order valence-corrected chi connectivity index (χ3v) is 17.8. The number of aryl methyl sites for hydroxylation is 1. The predicted octanol–water partition coefficient (Wildman–Crippen LogP) is 7.83. The Balaban J connectivity index is 2.13. The fraction of sp³-hybridized carbons (Fsp3) is 0.538. The zero-order valence-corrected chi connectivity index (χ0v) is 23.0. The average molecular weight is 492 g/mol. The second-order valence-corrected chi connectivity index (χ2v) is 19.0. The summed E-state index contributed by atoms with van der Waals surface area (Å²) in [7, 11) is -5.45. The van der Waals surface area contributed by atoms with Gasteiger partial charge in [0, 0.05) is 11.6 Å². The summed E-state index contributed by atoms with van der Waals surface area (Å²) in [6.45, 7) is 16.8. The number of halogens is 1. The summed E-state index contributed by atoms with van der Waals surface area (Å²) in [5.74, 6) is 0. The summed E-state index contributed by atoms with van der Waals surface area (Å²) >= 11 is 6.16. The van der Waals surface area contributed by atoms with E-state index >= 15 is 0 Å². The third kappa shape index (κ3) is 4.46. The molecule has 0 amide bonds. The Morgan fingerprint density at radius 2 is 1.38 bits per heavy atom. The monoisotopic (exact) mass is 491 g/mol. The third-order valence-electron chi connectivity index (χ3n) is 7.85. The maximum absolute atomic E-state index is 13.9. The van der Waals surface area contributed by atoms with Gasteiger partial charge in [0.05, 0.1) is 19.0 Å². The Hall–Kier alpha value is -1.14. The van der Waals surface area contributed by atoms with Gasteiger partial charge in [0.15, 0.2) is 0 Å². The molecular formula is C26H38ClNO2SSi. The van der Waals surface area contributed by atoms with Gasteiger partial charge in [-0.2, -0.15) is 4.31 Å². The summed E-state index contributed by atoms with van der Waals surface area (Å²) in [5, 5.41) is 0.673. The molecule has 32 heavy (non-hydrogen) atoms. The van der Waals surface area contributed by atoms with Crippen molar-refractivity contribution < 1.29 is 8.42 Å². The summed E-state index contributed by atoms with van der Waals surface area (Å²) in [6, 6.07) is 14.8. The van der Waals surface area contributed by atoms with Crippen LogP contribution in [0.1, 0.15) is 65.1 Å². The van der Waals surface area contributed by atoms with E-state index in [2.05, 4.69) is 41.5 Å². The number of hydrogen-bond donors (Lipinski definition) is 0. The molecule has 6 heteroatoms. The van der Waals surface area contributed by atoms with Crippen molar-refractivity contribution in [3.63, 3.8) is 0 Å². The molecule has 0 N–H and O–H groups in total. The molecule has 2 atom stereocenters. The first-order chi connectivity index (χ1) is 14.9. The minimum atomic E-state index is -3.61. The van der Waals surface area contributed by atoms with Gasteiger partial charge in [0.2, 0.25) is 10.0 Å².